The van der Waals surface area contributed by atoms with Gasteiger partial charge in [0.05, 0.1) is 19.3 Å². The Kier molecular flexibility index (Phi) is 9.74. The molecule has 38 heavy (non-hydrogen) atoms. The Morgan fingerprint density at radius 3 is 2.18 bits per heavy atom. The number of ether oxygens (including phenoxy) is 2. The van der Waals surface area contributed by atoms with Crippen LogP contribution in [0.15, 0.2) is 30.3 Å². The molecule has 7 heteroatoms. The van der Waals surface area contributed by atoms with Gasteiger partial charge in [0.25, 0.3) is 0 Å². The van der Waals surface area contributed by atoms with Gasteiger partial charge in [-0.05, 0) is 105 Å². The molecule has 0 radical (unpaired) electrons. The molecule has 0 spiro atoms. The van der Waals surface area contributed by atoms with Crippen molar-refractivity contribution in [3.63, 3.8) is 0 Å². The topological polar surface area (TPSA) is 38.7 Å². The number of rotatable bonds is 10. The summed E-state index contributed by atoms with van der Waals surface area (Å²) < 4.78 is 69.5. The third kappa shape index (κ3) is 6.36. The standard InChI is InChI=1S/C31H38F4O3/c1-3-5-25(36)22-12-10-21(11-13-22)24-15-17-27(31(35)29(24)33)38-18-19-6-8-20(9-7-19)23-14-16-26(37-4-2)30(34)28(23)32/h10,14-17,19-20,22,25,36H,3-9,11-13,18H2,1-2H3. The fourth-order valence-electron chi connectivity index (χ4n) is 5.85. The number of allylic oxidation sites excluding steroid dienone is 2. The van der Waals surface area contributed by atoms with Crippen molar-refractivity contribution in [2.45, 2.75) is 83.7 Å². The summed E-state index contributed by atoms with van der Waals surface area (Å²) in [5.74, 6) is -3.70. The lowest BCUT2D eigenvalue weighted by molar-refractivity contribution is 0.0934. The van der Waals surface area contributed by atoms with Crippen LogP contribution < -0.4 is 9.47 Å². The van der Waals surface area contributed by atoms with E-state index < -0.39 is 23.3 Å². The predicted octanol–water partition coefficient (Wildman–Crippen LogP) is 8.34. The second-order valence-electron chi connectivity index (χ2n) is 10.6. The van der Waals surface area contributed by atoms with Crippen LogP contribution in [0.4, 0.5) is 17.6 Å². The van der Waals surface area contributed by atoms with E-state index in [0.717, 1.165) is 37.7 Å². The van der Waals surface area contributed by atoms with E-state index in [4.69, 9.17) is 9.47 Å². The first kappa shape index (κ1) is 28.5. The molecule has 0 saturated heterocycles. The quantitative estimate of drug-likeness (QED) is 0.312. The van der Waals surface area contributed by atoms with Crippen LogP contribution in [0.2, 0.25) is 0 Å². The maximum atomic E-state index is 15.0. The molecule has 2 aromatic carbocycles. The molecule has 2 aliphatic rings. The Balaban J connectivity index is 1.32. The molecule has 0 amide bonds. The SMILES string of the molecule is CCCC(O)C1CC=C(c2ccc(OCC3CCC(c4ccc(OCC)c(F)c4F)CC3)c(F)c2F)CC1. The fraction of sp³-hybridized carbons (Fsp3) is 0.548. The zero-order valence-corrected chi connectivity index (χ0v) is 22.2. The first-order valence-electron chi connectivity index (χ1n) is 13.9. The number of benzene rings is 2. The smallest absolute Gasteiger partial charge is 0.201 e. The van der Waals surface area contributed by atoms with Crippen molar-refractivity contribution in [3.8, 4) is 11.5 Å². The van der Waals surface area contributed by atoms with E-state index in [1.807, 2.05) is 13.0 Å². The van der Waals surface area contributed by atoms with Crippen LogP contribution in [0.3, 0.4) is 0 Å². The molecule has 2 unspecified atom stereocenters. The summed E-state index contributed by atoms with van der Waals surface area (Å²) in [6, 6.07) is 6.13. The van der Waals surface area contributed by atoms with E-state index in [2.05, 4.69) is 0 Å². The lowest BCUT2D eigenvalue weighted by Gasteiger charge is -2.29. The van der Waals surface area contributed by atoms with E-state index in [-0.39, 0.29) is 54.1 Å². The number of aliphatic hydroxyl groups excluding tert-OH is 1. The van der Waals surface area contributed by atoms with Crippen LogP contribution >= 0.6 is 0 Å². The van der Waals surface area contributed by atoms with Crippen LogP contribution in [0.1, 0.15) is 88.7 Å². The van der Waals surface area contributed by atoms with E-state index in [1.54, 1.807) is 19.1 Å². The van der Waals surface area contributed by atoms with Crippen molar-refractivity contribution in [1.29, 1.82) is 0 Å². The highest BCUT2D eigenvalue weighted by molar-refractivity contribution is 5.67. The maximum Gasteiger partial charge on any atom is 0.201 e. The normalized spacial score (nSPS) is 22.6. The monoisotopic (exact) mass is 534 g/mol. The highest BCUT2D eigenvalue weighted by Gasteiger charge is 2.28. The predicted molar refractivity (Wildman–Crippen MR) is 140 cm³/mol. The summed E-state index contributed by atoms with van der Waals surface area (Å²) in [5, 5.41) is 10.2. The molecule has 4 rings (SSSR count). The van der Waals surface area contributed by atoms with E-state index >= 15 is 0 Å². The highest BCUT2D eigenvalue weighted by Crippen LogP contribution is 2.40. The van der Waals surface area contributed by atoms with Crippen molar-refractivity contribution in [2.75, 3.05) is 13.2 Å². The second kappa shape index (κ2) is 13.0. The minimum absolute atomic E-state index is 0.0779. The number of aliphatic hydroxyl groups is 1. The van der Waals surface area contributed by atoms with Crippen LogP contribution in [0.5, 0.6) is 11.5 Å². The van der Waals surface area contributed by atoms with Gasteiger partial charge in [-0.3, -0.25) is 0 Å². The zero-order chi connectivity index (χ0) is 27.2. The van der Waals surface area contributed by atoms with Gasteiger partial charge in [0.1, 0.15) is 0 Å². The third-order valence-electron chi connectivity index (χ3n) is 8.11. The van der Waals surface area contributed by atoms with Gasteiger partial charge in [-0.2, -0.15) is 8.78 Å². The van der Waals surface area contributed by atoms with E-state index in [9.17, 15) is 22.7 Å². The molecule has 3 nitrogen and oxygen atoms in total. The van der Waals surface area contributed by atoms with Gasteiger partial charge >= 0.3 is 0 Å². The van der Waals surface area contributed by atoms with Gasteiger partial charge in [0, 0.05) is 5.56 Å². The van der Waals surface area contributed by atoms with E-state index in [1.165, 1.54) is 12.1 Å². The largest absolute Gasteiger partial charge is 0.491 e. The molecule has 0 bridgehead atoms. The Morgan fingerprint density at radius 1 is 0.842 bits per heavy atom. The molecule has 208 valence electrons. The third-order valence-corrected chi connectivity index (χ3v) is 8.11. The van der Waals surface area contributed by atoms with Gasteiger partial charge in [-0.1, -0.05) is 25.5 Å². The molecule has 1 fully saturated rings. The van der Waals surface area contributed by atoms with Crippen molar-refractivity contribution >= 4 is 5.57 Å². The summed E-state index contributed by atoms with van der Waals surface area (Å²) >= 11 is 0. The van der Waals surface area contributed by atoms with Crippen LogP contribution in [0.25, 0.3) is 5.57 Å². The fourth-order valence-corrected chi connectivity index (χ4v) is 5.85. The summed E-state index contributed by atoms with van der Waals surface area (Å²) in [6.45, 7) is 4.25. The average Bonchev–Trinajstić information content (AvgIpc) is 2.93. The first-order valence-corrected chi connectivity index (χ1v) is 13.9. The maximum absolute atomic E-state index is 15.0. The number of hydrogen-bond donors (Lipinski definition) is 1. The Bertz CT molecular complexity index is 1120. The molecular weight excluding hydrogens is 496 g/mol. The molecule has 0 heterocycles. The van der Waals surface area contributed by atoms with Gasteiger partial charge in [-0.25, -0.2) is 8.78 Å². The van der Waals surface area contributed by atoms with Crippen LogP contribution in [-0.4, -0.2) is 24.4 Å². The molecule has 2 aliphatic carbocycles. The zero-order valence-electron chi connectivity index (χ0n) is 22.2. The molecular formula is C31H38F4O3. The lowest BCUT2D eigenvalue weighted by Crippen LogP contribution is -2.22. The molecule has 2 atom stereocenters. The second-order valence-corrected chi connectivity index (χ2v) is 10.6. The van der Waals surface area contributed by atoms with Crippen molar-refractivity contribution in [1.82, 2.24) is 0 Å². The summed E-state index contributed by atoms with van der Waals surface area (Å²) in [6.07, 6.45) is 8.01. The summed E-state index contributed by atoms with van der Waals surface area (Å²) in [7, 11) is 0. The minimum Gasteiger partial charge on any atom is -0.491 e. The first-order chi connectivity index (χ1) is 18.3. The van der Waals surface area contributed by atoms with Crippen LogP contribution in [0, 0.1) is 35.1 Å². The number of halogens is 4. The van der Waals surface area contributed by atoms with Crippen LogP contribution in [-0.2, 0) is 0 Å². The van der Waals surface area contributed by atoms with E-state index in [0.29, 0.717) is 31.2 Å². The average molecular weight is 535 g/mol. The summed E-state index contributed by atoms with van der Waals surface area (Å²) in [5.41, 5.74) is 1.38. The Labute approximate surface area is 222 Å². The number of hydrogen-bond acceptors (Lipinski definition) is 3. The van der Waals surface area contributed by atoms with Gasteiger partial charge in [0.2, 0.25) is 11.6 Å². The Hall–Kier alpha value is -2.54. The van der Waals surface area contributed by atoms with Gasteiger partial charge in [-0.15, -0.1) is 0 Å². The van der Waals surface area contributed by atoms with Gasteiger partial charge < -0.3 is 14.6 Å². The molecule has 1 saturated carbocycles. The van der Waals surface area contributed by atoms with Gasteiger partial charge in [0.15, 0.2) is 23.1 Å². The highest BCUT2D eigenvalue weighted by atomic mass is 19.2. The summed E-state index contributed by atoms with van der Waals surface area (Å²) in [4.78, 5) is 0. The van der Waals surface area contributed by atoms with Crippen molar-refractivity contribution < 1.29 is 32.1 Å². The minimum atomic E-state index is -0.989. The molecule has 0 aromatic heterocycles. The Morgan fingerprint density at radius 2 is 1.53 bits per heavy atom. The van der Waals surface area contributed by atoms with Crippen molar-refractivity contribution in [2.24, 2.45) is 11.8 Å². The molecule has 0 aliphatic heterocycles. The lowest BCUT2D eigenvalue weighted by atomic mass is 9.79. The molecule has 1 N–H and O–H groups in total. The van der Waals surface area contributed by atoms with Crippen molar-refractivity contribution in [3.05, 3.63) is 64.7 Å². The molecule has 2 aromatic rings.